The minimum atomic E-state index is -3.13. The molecule has 0 fully saturated rings. The molecule has 144 valence electrons. The Morgan fingerprint density at radius 2 is 1.63 bits per heavy atom. The van der Waals surface area contributed by atoms with Crippen LogP contribution in [-0.4, -0.2) is 52.1 Å². The maximum Gasteiger partial charge on any atom is 0.254 e. The van der Waals surface area contributed by atoms with E-state index in [1.54, 1.807) is 55.6 Å². The summed E-state index contributed by atoms with van der Waals surface area (Å²) in [6.07, 6.45) is 1.15. The second-order valence-electron chi connectivity index (χ2n) is 6.20. The molecule has 0 aromatic heterocycles. The summed E-state index contributed by atoms with van der Waals surface area (Å²) in [6.45, 7) is -0.115. The van der Waals surface area contributed by atoms with Gasteiger partial charge >= 0.3 is 0 Å². The first kappa shape index (κ1) is 20.4. The highest BCUT2D eigenvalue weighted by Gasteiger charge is 2.15. The average molecular weight is 390 g/mol. The summed E-state index contributed by atoms with van der Waals surface area (Å²) < 4.78 is 27.7. The molecule has 0 saturated heterocycles. The largest absolute Gasteiger partial charge is 0.497 e. The number of methoxy groups -OCH3 is 1. The fraction of sp³-hybridized carbons (Fsp3) is 0.263. The standard InChI is InChI=1S/C19H22N2O5S/c1-21(12-18(22)20-16-8-10-17(26-2)11-9-16)19(23)15-6-4-14(5-7-15)13-27(3,24)25/h4-11H,12-13H2,1-3H3,(H,20,22). The highest BCUT2D eigenvalue weighted by atomic mass is 32.2. The van der Waals surface area contributed by atoms with Crippen molar-refractivity contribution in [3.05, 3.63) is 59.7 Å². The van der Waals surface area contributed by atoms with Crippen LogP contribution in [-0.2, 0) is 20.4 Å². The van der Waals surface area contributed by atoms with Crippen LogP contribution in [0.2, 0.25) is 0 Å². The third-order valence-electron chi connectivity index (χ3n) is 3.73. The van der Waals surface area contributed by atoms with Crippen LogP contribution in [0.5, 0.6) is 5.75 Å². The van der Waals surface area contributed by atoms with Crippen molar-refractivity contribution in [1.82, 2.24) is 4.90 Å². The third kappa shape index (κ3) is 6.41. The zero-order valence-electron chi connectivity index (χ0n) is 15.4. The van der Waals surface area contributed by atoms with Crippen molar-refractivity contribution < 1.29 is 22.7 Å². The summed E-state index contributed by atoms with van der Waals surface area (Å²) >= 11 is 0. The van der Waals surface area contributed by atoms with E-state index in [-0.39, 0.29) is 24.1 Å². The molecule has 1 N–H and O–H groups in total. The van der Waals surface area contributed by atoms with Gasteiger partial charge in [0.05, 0.1) is 19.4 Å². The Hall–Kier alpha value is -2.87. The van der Waals surface area contributed by atoms with E-state index in [0.29, 0.717) is 22.6 Å². The average Bonchev–Trinajstić information content (AvgIpc) is 2.61. The first-order valence-corrected chi connectivity index (χ1v) is 10.2. The van der Waals surface area contributed by atoms with Gasteiger partial charge in [0.1, 0.15) is 5.75 Å². The molecule has 7 nitrogen and oxygen atoms in total. The van der Waals surface area contributed by atoms with Crippen molar-refractivity contribution in [3.63, 3.8) is 0 Å². The molecule has 0 aliphatic heterocycles. The molecule has 0 heterocycles. The van der Waals surface area contributed by atoms with E-state index in [0.717, 1.165) is 6.26 Å². The van der Waals surface area contributed by atoms with Crippen LogP contribution in [0.4, 0.5) is 5.69 Å². The second-order valence-corrected chi connectivity index (χ2v) is 8.35. The topological polar surface area (TPSA) is 92.8 Å². The molecule has 0 aliphatic carbocycles. The molecular formula is C19H22N2O5S. The molecule has 0 bridgehead atoms. The molecule has 0 atom stereocenters. The molecular weight excluding hydrogens is 368 g/mol. The van der Waals surface area contributed by atoms with Crippen LogP contribution < -0.4 is 10.1 Å². The van der Waals surface area contributed by atoms with Gasteiger partial charge in [0.15, 0.2) is 9.84 Å². The number of anilines is 1. The fourth-order valence-electron chi connectivity index (χ4n) is 2.43. The maximum atomic E-state index is 12.4. The Bertz CT molecular complexity index is 906. The molecule has 0 saturated carbocycles. The van der Waals surface area contributed by atoms with E-state index in [2.05, 4.69) is 5.32 Å². The molecule has 27 heavy (non-hydrogen) atoms. The number of nitrogens with one attached hydrogen (secondary N) is 1. The number of carbonyl (C=O) groups is 2. The minimum absolute atomic E-state index is 0.0818. The summed E-state index contributed by atoms with van der Waals surface area (Å²) in [5.41, 5.74) is 1.59. The lowest BCUT2D eigenvalue weighted by atomic mass is 10.1. The highest BCUT2D eigenvalue weighted by Crippen LogP contribution is 2.15. The van der Waals surface area contributed by atoms with E-state index >= 15 is 0 Å². The number of nitrogens with zero attached hydrogens (tertiary/aromatic N) is 1. The summed E-state index contributed by atoms with van der Waals surface area (Å²) in [6, 6.07) is 13.2. The third-order valence-corrected chi connectivity index (χ3v) is 4.59. The quantitative estimate of drug-likeness (QED) is 0.780. The van der Waals surface area contributed by atoms with Crippen molar-refractivity contribution in [1.29, 1.82) is 0 Å². The Morgan fingerprint density at radius 3 is 2.15 bits per heavy atom. The monoisotopic (exact) mass is 390 g/mol. The van der Waals surface area contributed by atoms with Gasteiger partial charge in [-0.3, -0.25) is 9.59 Å². The predicted octanol–water partition coefficient (Wildman–Crippen LogP) is 1.95. The van der Waals surface area contributed by atoms with Crippen LogP contribution in [0.15, 0.2) is 48.5 Å². The van der Waals surface area contributed by atoms with E-state index in [1.807, 2.05) is 0 Å². The second kappa shape index (κ2) is 8.68. The van der Waals surface area contributed by atoms with E-state index in [1.165, 1.54) is 11.9 Å². The molecule has 0 unspecified atom stereocenters. The van der Waals surface area contributed by atoms with Crippen molar-refractivity contribution in [3.8, 4) is 5.75 Å². The van der Waals surface area contributed by atoms with Crippen molar-refractivity contribution >= 4 is 27.3 Å². The van der Waals surface area contributed by atoms with Crippen LogP contribution in [0.1, 0.15) is 15.9 Å². The van der Waals surface area contributed by atoms with Gasteiger partial charge in [0.2, 0.25) is 5.91 Å². The summed E-state index contributed by atoms with van der Waals surface area (Å²) in [5, 5.41) is 2.71. The van der Waals surface area contributed by atoms with Gasteiger partial charge in [-0.2, -0.15) is 0 Å². The Morgan fingerprint density at radius 1 is 1.04 bits per heavy atom. The molecule has 0 spiro atoms. The van der Waals surface area contributed by atoms with Crippen molar-refractivity contribution in [2.45, 2.75) is 5.75 Å². The minimum Gasteiger partial charge on any atom is -0.497 e. The molecule has 2 aromatic rings. The number of ether oxygens (including phenoxy) is 1. The number of likely N-dealkylation sites (N-methyl/N-ethyl adjacent to an activating group) is 1. The van der Waals surface area contributed by atoms with Gasteiger partial charge in [-0.15, -0.1) is 0 Å². The van der Waals surface area contributed by atoms with Crippen LogP contribution in [0, 0.1) is 0 Å². The van der Waals surface area contributed by atoms with E-state index < -0.39 is 9.84 Å². The highest BCUT2D eigenvalue weighted by molar-refractivity contribution is 7.89. The van der Waals surface area contributed by atoms with E-state index in [4.69, 9.17) is 4.74 Å². The Kier molecular flexibility index (Phi) is 6.57. The molecule has 0 aliphatic rings. The summed E-state index contributed by atoms with van der Waals surface area (Å²) in [7, 11) is -0.0474. The Balaban J connectivity index is 1.94. The van der Waals surface area contributed by atoms with Crippen LogP contribution >= 0.6 is 0 Å². The lowest BCUT2D eigenvalue weighted by Crippen LogP contribution is -2.34. The number of sulfone groups is 1. The SMILES string of the molecule is COc1ccc(NC(=O)CN(C)C(=O)c2ccc(CS(C)(=O)=O)cc2)cc1. The molecule has 2 aromatic carbocycles. The number of hydrogen-bond donors (Lipinski definition) is 1. The fourth-order valence-corrected chi connectivity index (χ4v) is 3.23. The van der Waals surface area contributed by atoms with Gasteiger partial charge in [-0.25, -0.2) is 8.42 Å². The van der Waals surface area contributed by atoms with Crippen molar-refractivity contribution in [2.75, 3.05) is 32.3 Å². The van der Waals surface area contributed by atoms with Gasteiger partial charge in [0.25, 0.3) is 5.91 Å². The normalized spacial score (nSPS) is 10.9. The van der Waals surface area contributed by atoms with Gasteiger partial charge in [-0.1, -0.05) is 12.1 Å². The van der Waals surface area contributed by atoms with Crippen molar-refractivity contribution in [2.24, 2.45) is 0 Å². The zero-order chi connectivity index (χ0) is 20.0. The van der Waals surface area contributed by atoms with Gasteiger partial charge in [0, 0.05) is 24.6 Å². The van der Waals surface area contributed by atoms with E-state index in [9.17, 15) is 18.0 Å². The maximum absolute atomic E-state index is 12.4. The lowest BCUT2D eigenvalue weighted by Gasteiger charge is -2.17. The first-order valence-electron chi connectivity index (χ1n) is 8.14. The zero-order valence-corrected chi connectivity index (χ0v) is 16.2. The van der Waals surface area contributed by atoms with Crippen LogP contribution in [0.25, 0.3) is 0 Å². The molecule has 8 heteroatoms. The molecule has 2 amide bonds. The van der Waals surface area contributed by atoms with Gasteiger partial charge in [-0.05, 0) is 42.0 Å². The summed E-state index contributed by atoms with van der Waals surface area (Å²) in [4.78, 5) is 25.8. The number of rotatable bonds is 7. The number of benzene rings is 2. The molecule has 2 rings (SSSR count). The van der Waals surface area contributed by atoms with Gasteiger partial charge < -0.3 is 15.0 Å². The first-order chi connectivity index (χ1) is 12.7. The van der Waals surface area contributed by atoms with Crippen LogP contribution in [0.3, 0.4) is 0 Å². The number of amides is 2. The summed E-state index contributed by atoms with van der Waals surface area (Å²) in [5.74, 6) is -0.0585. The Labute approximate surface area is 158 Å². The lowest BCUT2D eigenvalue weighted by molar-refractivity contribution is -0.116. The number of hydrogen-bond acceptors (Lipinski definition) is 5. The predicted molar refractivity (Wildman–Crippen MR) is 104 cm³/mol. The number of carbonyl (C=O) groups excluding carboxylic acids is 2. The molecule has 0 radical (unpaired) electrons. The smallest absolute Gasteiger partial charge is 0.254 e.